The number of aryl methyl sites for hydroxylation is 1. The number of ether oxygens (including phenoxy) is 1. The zero-order valence-electron chi connectivity index (χ0n) is 11.1. The number of imidazole rings is 1. The zero-order valence-corrected chi connectivity index (χ0v) is 11.1. The number of aromatic nitrogens is 2. The van der Waals surface area contributed by atoms with Crippen LogP contribution < -0.4 is 5.32 Å². The summed E-state index contributed by atoms with van der Waals surface area (Å²) in [4.78, 5) is 24.8. The minimum Gasteiger partial charge on any atom is -0.469 e. The number of nitrogens with one attached hydrogen (secondary N) is 1. The Balaban J connectivity index is 2.28. The third kappa shape index (κ3) is 4.57. The lowest BCUT2D eigenvalue weighted by Crippen LogP contribution is -2.07. The fourth-order valence-electron chi connectivity index (χ4n) is 1.64. The molecule has 0 atom stereocenters. The lowest BCUT2D eigenvalue weighted by atomic mass is 10.2. The number of rotatable bonds is 8. The number of esters is 1. The van der Waals surface area contributed by atoms with Crippen molar-refractivity contribution in [1.29, 1.82) is 0 Å². The average molecular weight is 270 g/mol. The Hall–Kier alpha value is -2.12. The predicted molar refractivity (Wildman–Crippen MR) is 68.8 cm³/mol. The molecule has 0 aliphatic carbocycles. The number of nitro groups is 1. The highest BCUT2D eigenvalue weighted by Crippen LogP contribution is 2.20. The standard InChI is InChI=1S/C11H18N4O4/c1-14-8-13-11(15(17)18)10(14)12-7-5-3-4-6-9(16)19-2/h8,12H,3-7H2,1-2H3. The molecule has 106 valence electrons. The highest BCUT2D eigenvalue weighted by molar-refractivity contribution is 5.68. The van der Waals surface area contributed by atoms with Crippen LogP contribution in [0.5, 0.6) is 0 Å². The van der Waals surface area contributed by atoms with E-state index in [1.54, 1.807) is 11.6 Å². The number of nitrogens with zero attached hydrogens (tertiary/aromatic N) is 3. The van der Waals surface area contributed by atoms with Crippen molar-refractivity contribution in [3.63, 3.8) is 0 Å². The molecule has 1 rings (SSSR count). The number of carbonyl (C=O) groups is 1. The molecule has 8 heteroatoms. The summed E-state index contributed by atoms with van der Waals surface area (Å²) in [6, 6.07) is 0. The lowest BCUT2D eigenvalue weighted by molar-refractivity contribution is -0.388. The Morgan fingerprint density at radius 1 is 1.53 bits per heavy atom. The van der Waals surface area contributed by atoms with Crippen molar-refractivity contribution in [3.8, 4) is 0 Å². The summed E-state index contributed by atoms with van der Waals surface area (Å²) >= 11 is 0. The third-order valence-electron chi connectivity index (χ3n) is 2.67. The Morgan fingerprint density at radius 3 is 2.89 bits per heavy atom. The first kappa shape index (κ1) is 14.9. The van der Waals surface area contributed by atoms with E-state index in [2.05, 4.69) is 15.0 Å². The smallest absolute Gasteiger partial charge is 0.406 e. The van der Waals surface area contributed by atoms with Crippen LogP contribution in [0.4, 0.5) is 11.6 Å². The molecule has 0 unspecified atom stereocenters. The highest BCUT2D eigenvalue weighted by atomic mass is 16.6. The van der Waals surface area contributed by atoms with Gasteiger partial charge in [-0.3, -0.25) is 9.36 Å². The molecule has 0 aliphatic rings. The maximum absolute atomic E-state index is 10.9. The van der Waals surface area contributed by atoms with Crippen molar-refractivity contribution in [2.24, 2.45) is 7.05 Å². The normalized spacial score (nSPS) is 10.2. The van der Waals surface area contributed by atoms with Crippen molar-refractivity contribution in [1.82, 2.24) is 9.55 Å². The molecule has 0 aliphatic heterocycles. The fraction of sp³-hybridized carbons (Fsp3) is 0.636. The topological polar surface area (TPSA) is 99.3 Å². The molecule has 0 bridgehead atoms. The minimum atomic E-state index is -0.514. The van der Waals surface area contributed by atoms with Crippen molar-refractivity contribution in [2.45, 2.75) is 25.7 Å². The molecule has 19 heavy (non-hydrogen) atoms. The molecule has 0 aromatic carbocycles. The second-order valence-corrected chi connectivity index (χ2v) is 4.10. The SMILES string of the molecule is COC(=O)CCCCCNc1c([N+](=O)[O-])ncn1C. The Morgan fingerprint density at radius 2 is 2.26 bits per heavy atom. The van der Waals surface area contributed by atoms with Gasteiger partial charge in [0.25, 0.3) is 0 Å². The number of methoxy groups -OCH3 is 1. The Labute approximate surface area is 110 Å². The van der Waals surface area contributed by atoms with Crippen LogP contribution in [0.1, 0.15) is 25.7 Å². The molecule has 1 heterocycles. The van der Waals surface area contributed by atoms with Crippen molar-refractivity contribution >= 4 is 17.6 Å². The number of carbonyl (C=O) groups excluding carboxylic acids is 1. The van der Waals surface area contributed by atoms with E-state index < -0.39 is 4.92 Å². The van der Waals surface area contributed by atoms with Crippen molar-refractivity contribution < 1.29 is 14.5 Å². The van der Waals surface area contributed by atoms with Gasteiger partial charge in [-0.05, 0) is 22.7 Å². The van der Waals surface area contributed by atoms with Crippen molar-refractivity contribution in [2.75, 3.05) is 19.0 Å². The Kier molecular flexibility index (Phi) is 5.77. The van der Waals surface area contributed by atoms with Crippen LogP contribution in [0.25, 0.3) is 0 Å². The van der Waals surface area contributed by atoms with Crippen LogP contribution in [0.15, 0.2) is 6.33 Å². The fourth-order valence-corrected chi connectivity index (χ4v) is 1.64. The summed E-state index contributed by atoms with van der Waals surface area (Å²) in [5.41, 5.74) is 0. The van der Waals surface area contributed by atoms with Crippen LogP contribution >= 0.6 is 0 Å². The summed E-state index contributed by atoms with van der Waals surface area (Å²) < 4.78 is 6.11. The number of unbranched alkanes of at least 4 members (excludes halogenated alkanes) is 2. The van der Waals surface area contributed by atoms with E-state index in [-0.39, 0.29) is 11.8 Å². The van der Waals surface area contributed by atoms with E-state index >= 15 is 0 Å². The predicted octanol–water partition coefficient (Wildman–Crippen LogP) is 1.47. The summed E-state index contributed by atoms with van der Waals surface area (Å²) in [6.45, 7) is 0.599. The van der Waals surface area contributed by atoms with Crippen molar-refractivity contribution in [3.05, 3.63) is 16.4 Å². The van der Waals surface area contributed by atoms with Gasteiger partial charge in [0.1, 0.15) is 0 Å². The maximum atomic E-state index is 10.9. The number of hydrogen-bond donors (Lipinski definition) is 1. The van der Waals surface area contributed by atoms with Gasteiger partial charge >= 0.3 is 11.8 Å². The second kappa shape index (κ2) is 7.34. The van der Waals surface area contributed by atoms with Gasteiger partial charge < -0.3 is 20.2 Å². The molecule has 1 aromatic rings. The quantitative estimate of drug-likeness (QED) is 0.332. The summed E-state index contributed by atoms with van der Waals surface area (Å²) in [7, 11) is 3.06. The first-order valence-electron chi connectivity index (χ1n) is 6.02. The van der Waals surface area contributed by atoms with Crippen LogP contribution in [0.2, 0.25) is 0 Å². The molecule has 1 N–H and O–H groups in total. The van der Waals surface area contributed by atoms with Gasteiger partial charge in [0.05, 0.1) is 7.11 Å². The van der Waals surface area contributed by atoms with Crippen LogP contribution in [0.3, 0.4) is 0 Å². The van der Waals surface area contributed by atoms with Crippen LogP contribution in [-0.4, -0.2) is 34.1 Å². The number of hydrogen-bond acceptors (Lipinski definition) is 6. The largest absolute Gasteiger partial charge is 0.469 e. The Bertz CT molecular complexity index is 444. The molecule has 0 saturated carbocycles. The molecular formula is C11H18N4O4. The van der Waals surface area contributed by atoms with Gasteiger partial charge in [-0.2, -0.15) is 0 Å². The minimum absolute atomic E-state index is 0.169. The van der Waals surface area contributed by atoms with E-state index in [0.29, 0.717) is 18.8 Å². The van der Waals surface area contributed by atoms with Gasteiger partial charge in [-0.15, -0.1) is 0 Å². The molecule has 0 amide bonds. The zero-order chi connectivity index (χ0) is 14.3. The molecule has 8 nitrogen and oxygen atoms in total. The molecule has 0 radical (unpaired) electrons. The van der Waals surface area contributed by atoms with E-state index in [4.69, 9.17) is 0 Å². The number of anilines is 1. The molecule has 0 fully saturated rings. The summed E-state index contributed by atoms with van der Waals surface area (Å²) in [5, 5.41) is 13.7. The van der Waals surface area contributed by atoms with E-state index in [0.717, 1.165) is 19.3 Å². The lowest BCUT2D eigenvalue weighted by Gasteiger charge is -2.05. The van der Waals surface area contributed by atoms with Crippen LogP contribution in [0, 0.1) is 10.1 Å². The van der Waals surface area contributed by atoms with Gasteiger partial charge in [0.15, 0.2) is 0 Å². The van der Waals surface area contributed by atoms with E-state index in [1.165, 1.54) is 13.4 Å². The van der Waals surface area contributed by atoms with Crippen LogP contribution in [-0.2, 0) is 16.6 Å². The van der Waals surface area contributed by atoms with E-state index in [1.807, 2.05) is 0 Å². The second-order valence-electron chi connectivity index (χ2n) is 4.10. The molecule has 0 saturated heterocycles. The van der Waals surface area contributed by atoms with Gasteiger partial charge in [0, 0.05) is 20.0 Å². The van der Waals surface area contributed by atoms with Gasteiger partial charge in [-0.25, -0.2) is 0 Å². The maximum Gasteiger partial charge on any atom is 0.406 e. The average Bonchev–Trinajstić information content (AvgIpc) is 2.75. The van der Waals surface area contributed by atoms with Gasteiger partial charge in [-0.1, -0.05) is 6.42 Å². The highest BCUT2D eigenvalue weighted by Gasteiger charge is 2.19. The van der Waals surface area contributed by atoms with E-state index in [9.17, 15) is 14.9 Å². The first-order valence-corrected chi connectivity index (χ1v) is 6.02. The first-order chi connectivity index (χ1) is 9.06. The molecule has 0 spiro atoms. The molecule has 1 aromatic heterocycles. The third-order valence-corrected chi connectivity index (χ3v) is 2.67. The van der Waals surface area contributed by atoms with Gasteiger partial charge in [0.2, 0.25) is 12.1 Å². The molecular weight excluding hydrogens is 252 g/mol. The summed E-state index contributed by atoms with van der Waals surface area (Å²) in [5.74, 6) is 0.0188. The summed E-state index contributed by atoms with van der Waals surface area (Å²) in [6.07, 6.45) is 4.23. The monoisotopic (exact) mass is 270 g/mol.